The van der Waals surface area contributed by atoms with Gasteiger partial charge in [-0.1, -0.05) is 48.0 Å². The Kier molecular flexibility index (Phi) is 4.65. The van der Waals surface area contributed by atoms with Crippen LogP contribution in [0.5, 0.6) is 0 Å². The molecule has 0 aliphatic carbocycles. The van der Waals surface area contributed by atoms with E-state index in [0.717, 1.165) is 0 Å². The molecule has 110 valence electrons. The fraction of sp³-hybridized carbons (Fsp3) is 0.133. The second kappa shape index (κ2) is 6.28. The Bertz CT molecular complexity index is 741. The summed E-state index contributed by atoms with van der Waals surface area (Å²) >= 11 is 5.99. The maximum Gasteiger partial charge on any atom is 0.341 e. The van der Waals surface area contributed by atoms with Crippen LogP contribution in [0.3, 0.4) is 0 Å². The molecule has 0 aliphatic rings. The van der Waals surface area contributed by atoms with Crippen molar-refractivity contribution in [2.45, 2.75) is 17.7 Å². The van der Waals surface area contributed by atoms with Gasteiger partial charge >= 0.3 is 16.1 Å². The van der Waals surface area contributed by atoms with Crippen molar-refractivity contribution < 1.29 is 17.4 Å². The topological polar surface area (TPSA) is 60.4 Å². The van der Waals surface area contributed by atoms with E-state index in [1.807, 2.05) is 0 Å². The largest absolute Gasteiger partial charge is 0.342 e. The molecule has 0 saturated carbocycles. The molecule has 2 aromatic rings. The van der Waals surface area contributed by atoms with Crippen molar-refractivity contribution in [3.05, 3.63) is 65.2 Å². The third kappa shape index (κ3) is 3.62. The van der Waals surface area contributed by atoms with E-state index in [-0.39, 0.29) is 4.90 Å². The number of hydrogen-bond donors (Lipinski definition) is 0. The van der Waals surface area contributed by atoms with E-state index in [9.17, 15) is 13.2 Å². The normalized spacial score (nSPS) is 12.7. The van der Waals surface area contributed by atoms with E-state index in [1.165, 1.54) is 12.1 Å². The van der Waals surface area contributed by atoms with Gasteiger partial charge in [-0.2, -0.15) is 8.42 Å². The Hall–Kier alpha value is -1.85. The van der Waals surface area contributed by atoms with Crippen LogP contribution in [0.2, 0.25) is 5.02 Å². The van der Waals surface area contributed by atoms with Gasteiger partial charge in [-0.15, -0.1) is 0 Å². The Morgan fingerprint density at radius 2 is 1.62 bits per heavy atom. The molecule has 4 nitrogen and oxygen atoms in total. The van der Waals surface area contributed by atoms with Gasteiger partial charge in [-0.05, 0) is 30.7 Å². The molecule has 2 aromatic carbocycles. The summed E-state index contributed by atoms with van der Waals surface area (Å²) in [5, 5.41) is 0.388. The molecular weight excluding hydrogens is 312 g/mol. The van der Waals surface area contributed by atoms with E-state index in [2.05, 4.69) is 4.18 Å². The van der Waals surface area contributed by atoms with Gasteiger partial charge in [-0.25, -0.2) is 0 Å². The van der Waals surface area contributed by atoms with Crippen LogP contribution < -0.4 is 0 Å². The highest BCUT2D eigenvalue weighted by atomic mass is 35.5. The first-order valence-corrected chi connectivity index (χ1v) is 7.98. The maximum absolute atomic E-state index is 12.0. The first kappa shape index (κ1) is 15.5. The minimum Gasteiger partial charge on any atom is -0.342 e. The molecule has 0 spiro atoms. The van der Waals surface area contributed by atoms with Crippen molar-refractivity contribution in [1.29, 1.82) is 0 Å². The van der Waals surface area contributed by atoms with Crippen LogP contribution >= 0.6 is 11.6 Å². The first-order chi connectivity index (χ1) is 9.92. The van der Waals surface area contributed by atoms with Crippen LogP contribution in [-0.2, 0) is 19.1 Å². The molecule has 2 rings (SSSR count). The fourth-order valence-electron chi connectivity index (χ4n) is 1.77. The number of carbonyl (C=O) groups excluding carboxylic acids is 1. The maximum atomic E-state index is 12.0. The molecule has 6 heteroatoms. The molecule has 0 heterocycles. The van der Waals surface area contributed by atoms with Crippen LogP contribution in [0.1, 0.15) is 18.4 Å². The predicted molar refractivity (Wildman–Crippen MR) is 79.6 cm³/mol. The van der Waals surface area contributed by atoms with Crippen LogP contribution in [0, 0.1) is 0 Å². The number of halogens is 1. The molecule has 0 bridgehead atoms. The van der Waals surface area contributed by atoms with Crippen LogP contribution in [-0.4, -0.2) is 14.4 Å². The summed E-state index contributed by atoms with van der Waals surface area (Å²) in [6.45, 7) is 1.55. The van der Waals surface area contributed by atoms with E-state index in [4.69, 9.17) is 11.6 Å². The van der Waals surface area contributed by atoms with Crippen molar-refractivity contribution in [1.82, 2.24) is 0 Å². The Balaban J connectivity index is 2.21. The first-order valence-electron chi connectivity index (χ1n) is 6.19. The van der Waals surface area contributed by atoms with Gasteiger partial charge in [0, 0.05) is 5.02 Å². The van der Waals surface area contributed by atoms with E-state index in [1.54, 1.807) is 49.4 Å². The summed E-state index contributed by atoms with van der Waals surface area (Å²) in [4.78, 5) is 12.0. The molecule has 0 fully saturated rings. The van der Waals surface area contributed by atoms with Gasteiger partial charge in [-0.3, -0.25) is 4.79 Å². The zero-order chi connectivity index (χ0) is 15.5. The molecule has 0 radical (unpaired) electrons. The summed E-state index contributed by atoms with van der Waals surface area (Å²) in [5.41, 5.74) is 0.521. The predicted octanol–water partition coefficient (Wildman–Crippen LogP) is 3.38. The molecule has 0 amide bonds. The van der Waals surface area contributed by atoms with Crippen LogP contribution in [0.4, 0.5) is 0 Å². The van der Waals surface area contributed by atoms with Crippen molar-refractivity contribution in [2.24, 2.45) is 0 Å². The third-order valence-electron chi connectivity index (χ3n) is 2.95. The average Bonchev–Trinajstić information content (AvgIpc) is 2.47. The molecule has 21 heavy (non-hydrogen) atoms. The number of hydrogen-bond acceptors (Lipinski definition) is 4. The minimum atomic E-state index is -4.12. The van der Waals surface area contributed by atoms with Crippen LogP contribution in [0.15, 0.2) is 59.5 Å². The van der Waals surface area contributed by atoms with Crippen LogP contribution in [0.25, 0.3) is 0 Å². The summed E-state index contributed by atoms with van der Waals surface area (Å²) < 4.78 is 28.6. The SMILES string of the molecule is CC(C(=O)OS(=O)(=O)c1ccccc1)c1ccccc1Cl. The second-order valence-corrected chi connectivity index (χ2v) is 6.37. The van der Waals surface area contributed by atoms with Gasteiger partial charge in [0.05, 0.1) is 5.92 Å². The lowest BCUT2D eigenvalue weighted by Gasteiger charge is -2.12. The lowest BCUT2D eigenvalue weighted by molar-refractivity contribution is -0.135. The average molecular weight is 325 g/mol. The summed E-state index contributed by atoms with van der Waals surface area (Å²) in [5.74, 6) is -1.65. The molecule has 0 aromatic heterocycles. The Morgan fingerprint density at radius 3 is 2.24 bits per heavy atom. The van der Waals surface area contributed by atoms with Gasteiger partial charge < -0.3 is 4.18 Å². The molecule has 0 saturated heterocycles. The zero-order valence-electron chi connectivity index (χ0n) is 11.2. The van der Waals surface area contributed by atoms with Crippen molar-refractivity contribution >= 4 is 27.7 Å². The summed E-state index contributed by atoms with van der Waals surface area (Å²) in [7, 11) is -4.12. The van der Waals surface area contributed by atoms with E-state index < -0.39 is 22.0 Å². The smallest absolute Gasteiger partial charge is 0.341 e. The molecule has 1 atom stereocenters. The monoisotopic (exact) mass is 324 g/mol. The lowest BCUT2D eigenvalue weighted by atomic mass is 10.0. The molecule has 1 unspecified atom stereocenters. The van der Waals surface area contributed by atoms with Gasteiger partial charge in [0.25, 0.3) is 0 Å². The van der Waals surface area contributed by atoms with Gasteiger partial charge in [0.1, 0.15) is 4.90 Å². The summed E-state index contributed by atoms with van der Waals surface area (Å²) in [6.07, 6.45) is 0. The molecule has 0 aliphatic heterocycles. The number of benzene rings is 2. The van der Waals surface area contributed by atoms with Crippen molar-refractivity contribution in [3.8, 4) is 0 Å². The van der Waals surface area contributed by atoms with Gasteiger partial charge in [0.15, 0.2) is 0 Å². The molecular formula is C15H13ClO4S. The Morgan fingerprint density at radius 1 is 1.05 bits per heavy atom. The lowest BCUT2D eigenvalue weighted by Crippen LogP contribution is -2.18. The second-order valence-electron chi connectivity index (χ2n) is 4.41. The fourth-order valence-corrected chi connectivity index (χ4v) is 3.02. The quantitative estimate of drug-likeness (QED) is 0.809. The van der Waals surface area contributed by atoms with Crippen molar-refractivity contribution in [3.63, 3.8) is 0 Å². The number of rotatable bonds is 4. The third-order valence-corrected chi connectivity index (χ3v) is 4.53. The van der Waals surface area contributed by atoms with E-state index in [0.29, 0.717) is 10.6 Å². The zero-order valence-corrected chi connectivity index (χ0v) is 12.8. The highest BCUT2D eigenvalue weighted by molar-refractivity contribution is 7.87. The molecule has 0 N–H and O–H groups in total. The standard InChI is InChI=1S/C15H13ClO4S/c1-11(13-9-5-6-10-14(13)16)15(17)20-21(18,19)12-7-3-2-4-8-12/h2-11H,1H3. The minimum absolute atomic E-state index is 0.0651. The van der Waals surface area contributed by atoms with Crippen molar-refractivity contribution in [2.75, 3.05) is 0 Å². The van der Waals surface area contributed by atoms with E-state index >= 15 is 0 Å². The Labute approximate surface area is 128 Å². The van der Waals surface area contributed by atoms with Gasteiger partial charge in [0.2, 0.25) is 0 Å². The summed E-state index contributed by atoms with van der Waals surface area (Å²) in [6, 6.07) is 14.2. The highest BCUT2D eigenvalue weighted by Gasteiger charge is 2.26. The highest BCUT2D eigenvalue weighted by Crippen LogP contribution is 2.26. The number of carbonyl (C=O) groups is 1.